The van der Waals surface area contributed by atoms with Crippen molar-refractivity contribution >= 4 is 11.8 Å². The second-order valence-corrected chi connectivity index (χ2v) is 5.39. The molecule has 0 aliphatic carbocycles. The minimum atomic E-state index is -0.760. The lowest BCUT2D eigenvalue weighted by molar-refractivity contribution is -0.138. The maximum absolute atomic E-state index is 10.7. The van der Waals surface area contributed by atoms with Gasteiger partial charge >= 0.3 is 5.97 Å². The fraction of sp³-hybridized carbons (Fsp3) is 0.667. The van der Waals surface area contributed by atoms with Gasteiger partial charge in [0, 0.05) is 44.4 Å². The van der Waals surface area contributed by atoms with Crippen molar-refractivity contribution in [3.05, 3.63) is 17.6 Å². The van der Waals surface area contributed by atoms with Gasteiger partial charge in [0.2, 0.25) is 0 Å². The van der Waals surface area contributed by atoms with Gasteiger partial charge in [0.05, 0.1) is 6.54 Å². The summed E-state index contributed by atoms with van der Waals surface area (Å²) in [5.41, 5.74) is 1.10. The van der Waals surface area contributed by atoms with Gasteiger partial charge in [-0.25, -0.2) is 9.97 Å². The SMILES string of the molecule is CCCc1cc(N2CCN(CC(=O)O)CC2)nc(CC)n1. The number of anilines is 1. The van der Waals surface area contributed by atoms with Gasteiger partial charge in [0.1, 0.15) is 11.6 Å². The summed E-state index contributed by atoms with van der Waals surface area (Å²) in [6.07, 6.45) is 2.89. The molecular formula is C15H24N4O2. The number of piperazine rings is 1. The highest BCUT2D eigenvalue weighted by atomic mass is 16.4. The second kappa shape index (κ2) is 7.36. The van der Waals surface area contributed by atoms with E-state index in [0.29, 0.717) is 0 Å². The molecule has 0 unspecified atom stereocenters. The number of rotatable bonds is 6. The van der Waals surface area contributed by atoms with Crippen LogP contribution in [0.2, 0.25) is 0 Å². The molecule has 0 saturated carbocycles. The highest BCUT2D eigenvalue weighted by Crippen LogP contribution is 2.16. The molecular weight excluding hydrogens is 268 g/mol. The van der Waals surface area contributed by atoms with Crippen molar-refractivity contribution in [3.63, 3.8) is 0 Å². The van der Waals surface area contributed by atoms with E-state index < -0.39 is 5.97 Å². The number of carbonyl (C=O) groups is 1. The first-order chi connectivity index (χ1) is 10.1. The summed E-state index contributed by atoms with van der Waals surface area (Å²) in [6, 6.07) is 2.08. The largest absolute Gasteiger partial charge is 0.480 e. The molecule has 0 radical (unpaired) electrons. The van der Waals surface area contributed by atoms with Gasteiger partial charge in [0.15, 0.2) is 0 Å². The summed E-state index contributed by atoms with van der Waals surface area (Å²) in [6.45, 7) is 7.51. The molecule has 1 aliphatic heterocycles. The van der Waals surface area contributed by atoms with Crippen LogP contribution in [0, 0.1) is 0 Å². The highest BCUT2D eigenvalue weighted by Gasteiger charge is 2.20. The molecule has 1 aliphatic rings. The molecule has 1 aromatic heterocycles. The Bertz CT molecular complexity index is 485. The van der Waals surface area contributed by atoms with Crippen molar-refractivity contribution in [3.8, 4) is 0 Å². The molecule has 1 N–H and O–H groups in total. The molecule has 2 heterocycles. The molecule has 0 spiro atoms. The predicted molar refractivity (Wildman–Crippen MR) is 81.7 cm³/mol. The van der Waals surface area contributed by atoms with Gasteiger partial charge in [-0.3, -0.25) is 9.69 Å². The van der Waals surface area contributed by atoms with Crippen LogP contribution in [0.1, 0.15) is 31.8 Å². The number of hydrogen-bond acceptors (Lipinski definition) is 5. The predicted octanol–water partition coefficient (Wildman–Crippen LogP) is 1.20. The Balaban J connectivity index is 2.05. The Morgan fingerprint density at radius 2 is 1.95 bits per heavy atom. The normalized spacial score (nSPS) is 16.2. The van der Waals surface area contributed by atoms with Crippen molar-refractivity contribution in [2.24, 2.45) is 0 Å². The molecule has 0 amide bonds. The Morgan fingerprint density at radius 1 is 1.24 bits per heavy atom. The van der Waals surface area contributed by atoms with Gasteiger partial charge in [-0.15, -0.1) is 0 Å². The van der Waals surface area contributed by atoms with Gasteiger partial charge < -0.3 is 10.0 Å². The fourth-order valence-corrected chi connectivity index (χ4v) is 2.57. The molecule has 0 atom stereocenters. The molecule has 2 rings (SSSR count). The van der Waals surface area contributed by atoms with E-state index in [2.05, 4.69) is 34.8 Å². The van der Waals surface area contributed by atoms with E-state index in [1.807, 2.05) is 4.90 Å². The summed E-state index contributed by atoms with van der Waals surface area (Å²) >= 11 is 0. The molecule has 0 aromatic carbocycles. The minimum absolute atomic E-state index is 0.124. The lowest BCUT2D eigenvalue weighted by Crippen LogP contribution is -2.48. The molecule has 21 heavy (non-hydrogen) atoms. The lowest BCUT2D eigenvalue weighted by Gasteiger charge is -2.34. The van der Waals surface area contributed by atoms with Crippen LogP contribution < -0.4 is 4.90 Å². The van der Waals surface area contributed by atoms with E-state index in [9.17, 15) is 4.79 Å². The zero-order valence-electron chi connectivity index (χ0n) is 12.9. The Morgan fingerprint density at radius 3 is 2.52 bits per heavy atom. The van der Waals surface area contributed by atoms with E-state index in [1.54, 1.807) is 0 Å². The molecule has 0 bridgehead atoms. The number of aryl methyl sites for hydroxylation is 2. The molecule has 6 nitrogen and oxygen atoms in total. The van der Waals surface area contributed by atoms with Crippen LogP contribution in [0.15, 0.2) is 6.07 Å². The van der Waals surface area contributed by atoms with Crippen LogP contribution in [0.4, 0.5) is 5.82 Å². The summed E-state index contributed by atoms with van der Waals surface area (Å²) in [7, 11) is 0. The van der Waals surface area contributed by atoms with Crippen molar-refractivity contribution in [2.75, 3.05) is 37.6 Å². The maximum Gasteiger partial charge on any atom is 0.317 e. The number of hydrogen-bond donors (Lipinski definition) is 1. The van der Waals surface area contributed by atoms with E-state index >= 15 is 0 Å². The molecule has 1 fully saturated rings. The highest BCUT2D eigenvalue weighted by molar-refractivity contribution is 5.69. The van der Waals surface area contributed by atoms with E-state index in [0.717, 1.165) is 62.8 Å². The third-order valence-corrected chi connectivity index (χ3v) is 3.69. The summed E-state index contributed by atoms with van der Waals surface area (Å²) in [5.74, 6) is 1.12. The standard InChI is InChI=1S/C15H24N4O2/c1-3-5-12-10-14(17-13(4-2)16-12)19-8-6-18(7-9-19)11-15(20)21/h10H,3-9,11H2,1-2H3,(H,20,21). The Hall–Kier alpha value is -1.69. The first kappa shape index (κ1) is 15.7. The number of aromatic nitrogens is 2. The van der Waals surface area contributed by atoms with Crippen LogP contribution in [0.3, 0.4) is 0 Å². The van der Waals surface area contributed by atoms with Gasteiger partial charge in [-0.05, 0) is 6.42 Å². The van der Waals surface area contributed by atoms with Crippen molar-refractivity contribution in [1.82, 2.24) is 14.9 Å². The third-order valence-electron chi connectivity index (χ3n) is 3.69. The van der Waals surface area contributed by atoms with E-state index in [4.69, 9.17) is 5.11 Å². The fourth-order valence-electron chi connectivity index (χ4n) is 2.57. The number of nitrogens with zero attached hydrogens (tertiary/aromatic N) is 4. The van der Waals surface area contributed by atoms with E-state index in [-0.39, 0.29) is 6.54 Å². The van der Waals surface area contributed by atoms with Crippen LogP contribution in [-0.2, 0) is 17.6 Å². The molecule has 1 saturated heterocycles. The topological polar surface area (TPSA) is 69.6 Å². The summed E-state index contributed by atoms with van der Waals surface area (Å²) in [5, 5.41) is 8.84. The van der Waals surface area contributed by atoms with Gasteiger partial charge in [-0.1, -0.05) is 20.3 Å². The zero-order chi connectivity index (χ0) is 15.2. The molecule has 116 valence electrons. The first-order valence-corrected chi connectivity index (χ1v) is 7.68. The number of aliphatic carboxylic acids is 1. The molecule has 1 aromatic rings. The summed E-state index contributed by atoms with van der Waals surface area (Å²) < 4.78 is 0. The third kappa shape index (κ3) is 4.39. The van der Waals surface area contributed by atoms with Crippen molar-refractivity contribution < 1.29 is 9.90 Å². The van der Waals surface area contributed by atoms with Crippen molar-refractivity contribution in [2.45, 2.75) is 33.1 Å². The first-order valence-electron chi connectivity index (χ1n) is 7.68. The average Bonchev–Trinajstić information content (AvgIpc) is 2.47. The van der Waals surface area contributed by atoms with Crippen LogP contribution in [-0.4, -0.2) is 58.7 Å². The Labute approximate surface area is 125 Å². The van der Waals surface area contributed by atoms with Gasteiger partial charge in [-0.2, -0.15) is 0 Å². The molecule has 6 heteroatoms. The smallest absolute Gasteiger partial charge is 0.317 e. The maximum atomic E-state index is 10.7. The average molecular weight is 292 g/mol. The van der Waals surface area contributed by atoms with E-state index in [1.165, 1.54) is 0 Å². The monoisotopic (exact) mass is 292 g/mol. The Kier molecular flexibility index (Phi) is 5.50. The quantitative estimate of drug-likeness (QED) is 0.849. The van der Waals surface area contributed by atoms with Gasteiger partial charge in [0.25, 0.3) is 0 Å². The summed E-state index contributed by atoms with van der Waals surface area (Å²) in [4.78, 5) is 24.1. The minimum Gasteiger partial charge on any atom is -0.480 e. The number of carboxylic acids is 1. The van der Waals surface area contributed by atoms with Crippen LogP contribution in [0.5, 0.6) is 0 Å². The van der Waals surface area contributed by atoms with Crippen LogP contribution >= 0.6 is 0 Å². The number of carboxylic acid groups (broad SMARTS) is 1. The lowest BCUT2D eigenvalue weighted by atomic mass is 10.2. The zero-order valence-corrected chi connectivity index (χ0v) is 12.9. The van der Waals surface area contributed by atoms with Crippen molar-refractivity contribution in [1.29, 1.82) is 0 Å². The van der Waals surface area contributed by atoms with Crippen LogP contribution in [0.25, 0.3) is 0 Å². The second-order valence-electron chi connectivity index (χ2n) is 5.39.